The first-order valence-electron chi connectivity index (χ1n) is 5.80. The second-order valence-corrected chi connectivity index (χ2v) is 5.27. The van der Waals surface area contributed by atoms with E-state index in [2.05, 4.69) is 11.9 Å². The van der Waals surface area contributed by atoms with Crippen LogP contribution in [0.2, 0.25) is 0 Å². The molecule has 0 aliphatic carbocycles. The van der Waals surface area contributed by atoms with Gasteiger partial charge in [-0.2, -0.15) is 0 Å². The van der Waals surface area contributed by atoms with E-state index in [0.29, 0.717) is 0 Å². The minimum Gasteiger partial charge on any atom is -0.505 e. The smallest absolute Gasteiger partial charge is 0.277 e. The normalized spacial score (nSPS) is 19.6. The summed E-state index contributed by atoms with van der Waals surface area (Å²) in [6.45, 7) is 2.85. The summed E-state index contributed by atoms with van der Waals surface area (Å²) >= 11 is 1.80. The highest BCUT2D eigenvalue weighted by atomic mass is 32.2. The van der Waals surface area contributed by atoms with Crippen molar-refractivity contribution in [2.45, 2.75) is 25.1 Å². The Morgan fingerprint density at radius 3 is 3.24 bits per heavy atom. The van der Waals surface area contributed by atoms with E-state index in [1.165, 1.54) is 12.3 Å². The second kappa shape index (κ2) is 5.40. The van der Waals surface area contributed by atoms with Crippen LogP contribution >= 0.6 is 11.8 Å². The Kier molecular flexibility index (Phi) is 3.89. The molecule has 1 aliphatic heterocycles. The van der Waals surface area contributed by atoms with Gasteiger partial charge in [-0.3, -0.25) is 4.79 Å². The largest absolute Gasteiger partial charge is 0.505 e. The average Bonchev–Trinajstić information content (AvgIpc) is 2.78. The maximum absolute atomic E-state index is 12.2. The fourth-order valence-electron chi connectivity index (χ4n) is 1.94. The zero-order chi connectivity index (χ0) is 12.3. The number of nitrogens with zero attached hydrogens (tertiary/aromatic N) is 2. The third-order valence-corrected chi connectivity index (χ3v) is 4.07. The van der Waals surface area contributed by atoms with E-state index in [9.17, 15) is 9.90 Å². The lowest BCUT2D eigenvalue weighted by molar-refractivity contribution is 0.0747. The molecular formula is C12H16N2O2S. The van der Waals surface area contributed by atoms with Crippen LogP contribution in [0.4, 0.5) is 0 Å². The van der Waals surface area contributed by atoms with Crippen molar-refractivity contribution < 1.29 is 9.90 Å². The predicted octanol–water partition coefficient (Wildman–Crippen LogP) is 2.10. The maximum Gasteiger partial charge on any atom is 0.277 e. The molecule has 1 fully saturated rings. The Labute approximate surface area is 105 Å². The van der Waals surface area contributed by atoms with Gasteiger partial charge in [-0.15, -0.1) is 11.8 Å². The molecule has 2 heterocycles. The zero-order valence-electron chi connectivity index (χ0n) is 9.80. The summed E-state index contributed by atoms with van der Waals surface area (Å²) in [6, 6.07) is 3.12. The molecule has 0 aromatic carbocycles. The molecule has 0 bridgehead atoms. The number of thioether (sulfide) groups is 1. The van der Waals surface area contributed by atoms with E-state index in [0.717, 1.165) is 25.1 Å². The molecule has 17 heavy (non-hydrogen) atoms. The van der Waals surface area contributed by atoms with E-state index >= 15 is 0 Å². The van der Waals surface area contributed by atoms with E-state index < -0.39 is 0 Å². The van der Waals surface area contributed by atoms with Crippen LogP contribution in [0.15, 0.2) is 18.3 Å². The minimum atomic E-state index is -0.161. The van der Waals surface area contributed by atoms with Crippen molar-refractivity contribution in [2.75, 3.05) is 12.3 Å². The lowest BCUT2D eigenvalue weighted by atomic mass is 10.2. The van der Waals surface area contributed by atoms with Gasteiger partial charge in [0.1, 0.15) is 5.75 Å². The quantitative estimate of drug-likeness (QED) is 0.895. The Morgan fingerprint density at radius 1 is 1.71 bits per heavy atom. The summed E-state index contributed by atoms with van der Waals surface area (Å²) in [4.78, 5) is 18.0. The van der Waals surface area contributed by atoms with Gasteiger partial charge in [0.15, 0.2) is 5.69 Å². The van der Waals surface area contributed by atoms with Crippen molar-refractivity contribution >= 4 is 17.7 Å². The SMILES string of the molecule is CCC[C@@H]1SCCN1C(=O)c1ncccc1O. The fourth-order valence-corrected chi connectivity index (χ4v) is 3.29. The molecule has 1 amide bonds. The molecule has 1 aliphatic rings. The Bertz CT molecular complexity index is 411. The van der Waals surface area contributed by atoms with Gasteiger partial charge in [-0.25, -0.2) is 4.98 Å². The molecule has 0 spiro atoms. The zero-order valence-corrected chi connectivity index (χ0v) is 10.6. The summed E-state index contributed by atoms with van der Waals surface area (Å²) in [5.41, 5.74) is 0.163. The van der Waals surface area contributed by atoms with Gasteiger partial charge in [0.2, 0.25) is 0 Å². The van der Waals surface area contributed by atoms with Crippen molar-refractivity contribution in [3.05, 3.63) is 24.0 Å². The van der Waals surface area contributed by atoms with Gasteiger partial charge >= 0.3 is 0 Å². The highest BCUT2D eigenvalue weighted by molar-refractivity contribution is 8.00. The van der Waals surface area contributed by atoms with Crippen LogP contribution < -0.4 is 0 Å². The van der Waals surface area contributed by atoms with Gasteiger partial charge in [-0.1, -0.05) is 13.3 Å². The van der Waals surface area contributed by atoms with E-state index in [1.807, 2.05) is 4.90 Å². The van der Waals surface area contributed by atoms with Gasteiger partial charge in [0.25, 0.3) is 5.91 Å². The molecule has 0 radical (unpaired) electrons. The van der Waals surface area contributed by atoms with Crippen LogP contribution in [0.25, 0.3) is 0 Å². The first kappa shape index (κ1) is 12.2. The molecule has 1 saturated heterocycles. The number of amides is 1. The van der Waals surface area contributed by atoms with Crippen molar-refractivity contribution in [1.82, 2.24) is 9.88 Å². The summed E-state index contributed by atoms with van der Waals surface area (Å²) in [5, 5.41) is 9.87. The molecule has 1 aromatic heterocycles. The molecule has 1 N–H and O–H groups in total. The maximum atomic E-state index is 12.2. The number of hydrogen-bond acceptors (Lipinski definition) is 4. The molecule has 1 aromatic rings. The minimum absolute atomic E-state index is 0.0374. The number of aromatic nitrogens is 1. The van der Waals surface area contributed by atoms with Crippen molar-refractivity contribution in [3.8, 4) is 5.75 Å². The summed E-state index contributed by atoms with van der Waals surface area (Å²) in [6.07, 6.45) is 3.57. The summed E-state index contributed by atoms with van der Waals surface area (Å²) in [5.74, 6) is 0.764. The van der Waals surface area contributed by atoms with Crippen LogP contribution in [0.5, 0.6) is 5.75 Å². The number of carbonyl (C=O) groups excluding carboxylic acids is 1. The highest BCUT2D eigenvalue weighted by Crippen LogP contribution is 2.29. The standard InChI is InChI=1S/C12H16N2O2S/c1-2-4-10-14(7-8-17-10)12(16)11-9(15)5-3-6-13-11/h3,5-6,10,15H,2,4,7-8H2,1H3/t10-/m0/s1. The van der Waals surface area contributed by atoms with Crippen molar-refractivity contribution in [1.29, 1.82) is 0 Å². The lowest BCUT2D eigenvalue weighted by Gasteiger charge is -2.23. The highest BCUT2D eigenvalue weighted by Gasteiger charge is 2.31. The van der Waals surface area contributed by atoms with Crippen LogP contribution in [0, 0.1) is 0 Å². The molecule has 1 atom stereocenters. The number of hydrogen-bond donors (Lipinski definition) is 1. The van der Waals surface area contributed by atoms with Gasteiger partial charge < -0.3 is 10.0 Å². The number of pyridine rings is 1. The third kappa shape index (κ3) is 2.54. The third-order valence-electron chi connectivity index (χ3n) is 2.78. The monoisotopic (exact) mass is 252 g/mol. The summed E-state index contributed by atoms with van der Waals surface area (Å²) in [7, 11) is 0. The number of aromatic hydroxyl groups is 1. The number of carbonyl (C=O) groups is 1. The molecule has 0 saturated carbocycles. The molecule has 0 unspecified atom stereocenters. The van der Waals surface area contributed by atoms with Crippen LogP contribution in [-0.2, 0) is 0 Å². The summed E-state index contributed by atoms with van der Waals surface area (Å²) < 4.78 is 0. The molecular weight excluding hydrogens is 236 g/mol. The fraction of sp³-hybridized carbons (Fsp3) is 0.500. The van der Waals surface area contributed by atoms with E-state index in [4.69, 9.17) is 0 Å². The van der Waals surface area contributed by atoms with Crippen LogP contribution in [0.1, 0.15) is 30.3 Å². The lowest BCUT2D eigenvalue weighted by Crippen LogP contribution is -2.35. The van der Waals surface area contributed by atoms with Gasteiger partial charge in [0.05, 0.1) is 5.37 Å². The first-order valence-corrected chi connectivity index (χ1v) is 6.85. The topological polar surface area (TPSA) is 53.4 Å². The first-order chi connectivity index (χ1) is 8.24. The Morgan fingerprint density at radius 2 is 2.53 bits per heavy atom. The predicted molar refractivity (Wildman–Crippen MR) is 68.1 cm³/mol. The molecule has 4 nitrogen and oxygen atoms in total. The molecule has 92 valence electrons. The Balaban J connectivity index is 2.17. The number of rotatable bonds is 3. The average molecular weight is 252 g/mol. The molecule has 2 rings (SSSR count). The van der Waals surface area contributed by atoms with E-state index in [1.54, 1.807) is 17.8 Å². The molecule has 5 heteroatoms. The van der Waals surface area contributed by atoms with E-state index in [-0.39, 0.29) is 22.7 Å². The van der Waals surface area contributed by atoms with Gasteiger partial charge in [0, 0.05) is 18.5 Å². The Hall–Kier alpha value is -1.23. The second-order valence-electron chi connectivity index (χ2n) is 3.98. The van der Waals surface area contributed by atoms with Crippen molar-refractivity contribution in [3.63, 3.8) is 0 Å². The van der Waals surface area contributed by atoms with Crippen LogP contribution in [0.3, 0.4) is 0 Å². The van der Waals surface area contributed by atoms with Crippen molar-refractivity contribution in [2.24, 2.45) is 0 Å². The van der Waals surface area contributed by atoms with Crippen LogP contribution in [-0.4, -0.2) is 38.6 Å². The van der Waals surface area contributed by atoms with Gasteiger partial charge in [-0.05, 0) is 18.6 Å².